The minimum absolute atomic E-state index is 0.0134. The molecule has 1 atom stereocenters. The third-order valence-electron chi connectivity index (χ3n) is 5.51. The van der Waals surface area contributed by atoms with Crippen molar-refractivity contribution in [3.63, 3.8) is 0 Å². The van der Waals surface area contributed by atoms with Gasteiger partial charge in [-0.3, -0.25) is 9.78 Å². The van der Waals surface area contributed by atoms with E-state index in [2.05, 4.69) is 34.2 Å². The highest BCUT2D eigenvalue weighted by Gasteiger charge is 2.23. The van der Waals surface area contributed by atoms with Gasteiger partial charge < -0.3 is 14.3 Å². The molecule has 5 nitrogen and oxygen atoms in total. The first-order valence-corrected chi connectivity index (χ1v) is 8.83. The lowest BCUT2D eigenvalue weighted by molar-refractivity contribution is 0.120. The van der Waals surface area contributed by atoms with E-state index in [-0.39, 0.29) is 11.7 Å². The minimum Gasteiger partial charge on any atom is -0.377 e. The summed E-state index contributed by atoms with van der Waals surface area (Å²) < 4.78 is 7.35. The van der Waals surface area contributed by atoms with Crippen LogP contribution in [0.5, 0.6) is 0 Å². The zero-order valence-electron chi connectivity index (χ0n) is 14.7. The molecule has 0 amide bonds. The number of H-pyrrole nitrogens is 1. The van der Waals surface area contributed by atoms with E-state index in [0.717, 1.165) is 34.3 Å². The number of para-hydroxylation sites is 1. The highest BCUT2D eigenvalue weighted by atomic mass is 16.5. The van der Waals surface area contributed by atoms with Crippen LogP contribution in [0.2, 0.25) is 0 Å². The van der Waals surface area contributed by atoms with E-state index in [1.54, 1.807) is 19.5 Å². The molecule has 4 aromatic rings. The number of rotatable bonds is 2. The number of aryl methyl sites for hydroxylation is 1. The van der Waals surface area contributed by atoms with Crippen molar-refractivity contribution < 1.29 is 4.74 Å². The van der Waals surface area contributed by atoms with Crippen LogP contribution < -0.4 is 5.56 Å². The lowest BCUT2D eigenvalue weighted by atomic mass is 9.98. The van der Waals surface area contributed by atoms with E-state index < -0.39 is 0 Å². The van der Waals surface area contributed by atoms with Crippen LogP contribution in [0.25, 0.3) is 33.1 Å². The first-order chi connectivity index (χ1) is 12.7. The van der Waals surface area contributed by atoms with Crippen molar-refractivity contribution in [2.75, 3.05) is 7.11 Å². The molecule has 5 heteroatoms. The van der Waals surface area contributed by atoms with Crippen molar-refractivity contribution in [3.05, 3.63) is 64.2 Å². The Bertz CT molecular complexity index is 1220. The highest BCUT2D eigenvalue weighted by Crippen LogP contribution is 2.35. The second kappa shape index (κ2) is 5.54. The van der Waals surface area contributed by atoms with E-state index in [4.69, 9.17) is 4.74 Å². The smallest absolute Gasteiger partial charge is 0.260 e. The van der Waals surface area contributed by atoms with Crippen LogP contribution in [0.15, 0.2) is 47.5 Å². The maximum absolute atomic E-state index is 13.1. The van der Waals surface area contributed by atoms with Crippen LogP contribution in [0.1, 0.15) is 24.2 Å². The van der Waals surface area contributed by atoms with Crippen molar-refractivity contribution >= 4 is 21.7 Å². The van der Waals surface area contributed by atoms with E-state index in [1.807, 2.05) is 17.6 Å². The molecule has 130 valence electrons. The third-order valence-corrected chi connectivity index (χ3v) is 5.51. The van der Waals surface area contributed by atoms with Crippen molar-refractivity contribution in [1.29, 1.82) is 0 Å². The topological polar surface area (TPSA) is 59.9 Å². The molecule has 0 radical (unpaired) electrons. The Labute approximate surface area is 150 Å². The fraction of sp³-hybridized carbons (Fsp3) is 0.238. The van der Waals surface area contributed by atoms with Crippen LogP contribution in [-0.4, -0.2) is 21.6 Å². The van der Waals surface area contributed by atoms with E-state index in [1.165, 1.54) is 10.9 Å². The van der Waals surface area contributed by atoms with Gasteiger partial charge in [0.1, 0.15) is 0 Å². The fourth-order valence-corrected chi connectivity index (χ4v) is 4.07. The zero-order chi connectivity index (χ0) is 17.8. The molecule has 3 aromatic heterocycles. The molecule has 1 aliphatic rings. The predicted molar refractivity (Wildman–Crippen MR) is 102 cm³/mol. The lowest BCUT2D eigenvalue weighted by Crippen LogP contribution is -2.26. The molecule has 1 N–H and O–H groups in total. The monoisotopic (exact) mass is 345 g/mol. The summed E-state index contributed by atoms with van der Waals surface area (Å²) in [6, 6.07) is 10.4. The molecule has 0 fully saturated rings. The predicted octanol–water partition coefficient (Wildman–Crippen LogP) is 3.81. The standard InChI is InChI=1S/C21H19N3O2/c1-12(26-2)16-10-22-11-17-15(16)9-19-20-14(7-8-24(19)21(17)25)13-5-3-4-6-18(13)23-20/h3-6,9-12,23H,7-8H2,1-2H3/t12-/m0/s1. The quantitative estimate of drug-likeness (QED) is 0.601. The van der Waals surface area contributed by atoms with Gasteiger partial charge in [0.25, 0.3) is 5.56 Å². The molecule has 4 heterocycles. The van der Waals surface area contributed by atoms with Gasteiger partial charge in [-0.1, -0.05) is 18.2 Å². The number of methoxy groups -OCH3 is 1. The van der Waals surface area contributed by atoms with Gasteiger partial charge in [0, 0.05) is 42.5 Å². The molecule has 26 heavy (non-hydrogen) atoms. The number of aromatic nitrogens is 3. The van der Waals surface area contributed by atoms with Crippen molar-refractivity contribution in [1.82, 2.24) is 14.5 Å². The summed E-state index contributed by atoms with van der Waals surface area (Å²) in [7, 11) is 1.67. The van der Waals surface area contributed by atoms with Crippen LogP contribution in [0, 0.1) is 0 Å². The van der Waals surface area contributed by atoms with E-state index in [9.17, 15) is 4.79 Å². The van der Waals surface area contributed by atoms with Crippen molar-refractivity contribution in [2.45, 2.75) is 26.0 Å². The van der Waals surface area contributed by atoms with Gasteiger partial charge in [-0.05, 0) is 36.4 Å². The summed E-state index contributed by atoms with van der Waals surface area (Å²) in [5.74, 6) is 0. The van der Waals surface area contributed by atoms with Crippen LogP contribution in [0.4, 0.5) is 0 Å². The second-order valence-corrected chi connectivity index (χ2v) is 6.83. The average molecular weight is 345 g/mol. The minimum atomic E-state index is -0.126. The summed E-state index contributed by atoms with van der Waals surface area (Å²) in [5.41, 5.74) is 5.33. The summed E-state index contributed by atoms with van der Waals surface area (Å²) in [6.07, 6.45) is 4.18. The number of pyridine rings is 2. The molecule has 0 spiro atoms. The number of aromatic amines is 1. The summed E-state index contributed by atoms with van der Waals surface area (Å²) in [6.45, 7) is 2.66. The molecular weight excluding hydrogens is 326 g/mol. The van der Waals surface area contributed by atoms with Crippen molar-refractivity contribution in [3.8, 4) is 11.4 Å². The first-order valence-electron chi connectivity index (χ1n) is 8.83. The van der Waals surface area contributed by atoms with Gasteiger partial charge in [-0.15, -0.1) is 0 Å². The molecule has 5 rings (SSSR count). The Morgan fingerprint density at radius 1 is 1.19 bits per heavy atom. The van der Waals surface area contributed by atoms with Gasteiger partial charge in [0.05, 0.1) is 22.9 Å². The maximum atomic E-state index is 13.1. The molecule has 0 saturated carbocycles. The number of benzene rings is 1. The van der Waals surface area contributed by atoms with E-state index in [0.29, 0.717) is 11.9 Å². The number of hydrogen-bond donors (Lipinski definition) is 1. The number of hydrogen-bond acceptors (Lipinski definition) is 3. The average Bonchev–Trinajstić information content (AvgIpc) is 3.06. The highest BCUT2D eigenvalue weighted by molar-refractivity contribution is 5.93. The fourth-order valence-electron chi connectivity index (χ4n) is 4.07. The molecule has 0 unspecified atom stereocenters. The van der Waals surface area contributed by atoms with Crippen LogP contribution in [0.3, 0.4) is 0 Å². The Balaban J connectivity index is 1.87. The summed E-state index contributed by atoms with van der Waals surface area (Å²) in [5, 5.41) is 2.80. The molecule has 0 bridgehead atoms. The molecular formula is C21H19N3O2. The van der Waals surface area contributed by atoms with Crippen LogP contribution >= 0.6 is 0 Å². The number of fused-ring (bicyclic) bond motifs is 6. The summed E-state index contributed by atoms with van der Waals surface area (Å²) >= 11 is 0. The van der Waals surface area contributed by atoms with Crippen molar-refractivity contribution in [2.24, 2.45) is 0 Å². The molecule has 0 aliphatic carbocycles. The Kier molecular flexibility index (Phi) is 3.27. The molecule has 1 aromatic carbocycles. The second-order valence-electron chi connectivity index (χ2n) is 6.83. The zero-order valence-corrected chi connectivity index (χ0v) is 14.7. The van der Waals surface area contributed by atoms with Gasteiger partial charge in [-0.2, -0.15) is 0 Å². The Hall–Kier alpha value is -2.92. The summed E-state index contributed by atoms with van der Waals surface area (Å²) in [4.78, 5) is 20.9. The normalized spacial score (nSPS) is 14.4. The van der Waals surface area contributed by atoms with Gasteiger partial charge in [0.15, 0.2) is 0 Å². The molecule has 1 aliphatic heterocycles. The number of nitrogens with one attached hydrogen (secondary N) is 1. The van der Waals surface area contributed by atoms with Gasteiger partial charge in [-0.25, -0.2) is 0 Å². The van der Waals surface area contributed by atoms with Gasteiger partial charge >= 0.3 is 0 Å². The Morgan fingerprint density at radius 2 is 2.04 bits per heavy atom. The SMILES string of the molecule is CO[C@@H](C)c1cncc2c(=O)n3c(cc12)-c1[nH]c2ccccc2c1CC3. The van der Waals surface area contributed by atoms with Crippen LogP contribution in [-0.2, 0) is 17.7 Å². The molecule has 0 saturated heterocycles. The number of nitrogens with zero attached hydrogens (tertiary/aromatic N) is 2. The Morgan fingerprint density at radius 3 is 2.88 bits per heavy atom. The number of ether oxygens (including phenoxy) is 1. The van der Waals surface area contributed by atoms with E-state index >= 15 is 0 Å². The maximum Gasteiger partial charge on any atom is 0.260 e. The first kappa shape index (κ1) is 15.3. The third kappa shape index (κ3) is 2.01. The largest absolute Gasteiger partial charge is 0.377 e. The van der Waals surface area contributed by atoms with Gasteiger partial charge in [0.2, 0.25) is 0 Å². The lowest BCUT2D eigenvalue weighted by Gasteiger charge is -2.21.